The molecular formula is C18H14ClF2IN4O2. The van der Waals surface area contributed by atoms with Crippen LogP contribution >= 0.6 is 34.2 Å². The van der Waals surface area contributed by atoms with Gasteiger partial charge in [0, 0.05) is 3.57 Å². The molecule has 6 nitrogen and oxygen atoms in total. The van der Waals surface area contributed by atoms with Gasteiger partial charge in [0.15, 0.2) is 11.6 Å². The molecule has 0 radical (unpaired) electrons. The summed E-state index contributed by atoms with van der Waals surface area (Å²) in [5.74, 6) is -2.71. The molecule has 0 aliphatic heterocycles. The zero-order chi connectivity index (χ0) is 19.8. The summed E-state index contributed by atoms with van der Waals surface area (Å²) in [5.41, 5.74) is 1.89. The van der Waals surface area contributed by atoms with Crippen LogP contribution in [0.1, 0.15) is 23.2 Å². The number of anilines is 2. The summed E-state index contributed by atoms with van der Waals surface area (Å²) >= 11 is 8.28. The van der Waals surface area contributed by atoms with E-state index in [1.807, 2.05) is 0 Å². The number of nitrogens with zero attached hydrogens (tertiary/aromatic N) is 1. The van der Waals surface area contributed by atoms with Gasteiger partial charge < -0.3 is 10.3 Å². The molecule has 0 atom stereocenters. The summed E-state index contributed by atoms with van der Waals surface area (Å²) in [6, 6.07) is 5.02. The number of benzene rings is 2. The third kappa shape index (κ3) is 3.78. The van der Waals surface area contributed by atoms with Gasteiger partial charge in [0.2, 0.25) is 0 Å². The Hall–Kier alpha value is -1.98. The van der Waals surface area contributed by atoms with Crippen LogP contribution in [-0.4, -0.2) is 22.5 Å². The highest BCUT2D eigenvalue weighted by molar-refractivity contribution is 14.1. The van der Waals surface area contributed by atoms with E-state index in [9.17, 15) is 13.6 Å². The Labute approximate surface area is 177 Å². The van der Waals surface area contributed by atoms with Crippen molar-refractivity contribution in [2.24, 2.45) is 5.92 Å². The number of fused-ring (bicyclic) bond motifs is 1. The van der Waals surface area contributed by atoms with Gasteiger partial charge in [-0.15, -0.1) is 0 Å². The van der Waals surface area contributed by atoms with Gasteiger partial charge in [0.1, 0.15) is 5.52 Å². The first kappa shape index (κ1) is 19.3. The lowest BCUT2D eigenvalue weighted by molar-refractivity contribution is 0.0272. The zero-order valence-corrected chi connectivity index (χ0v) is 17.2. The van der Waals surface area contributed by atoms with Crippen molar-refractivity contribution < 1.29 is 18.4 Å². The molecule has 0 bridgehead atoms. The van der Waals surface area contributed by atoms with Gasteiger partial charge in [-0.2, -0.15) is 0 Å². The fraction of sp³-hybridized carbons (Fsp3) is 0.222. The van der Waals surface area contributed by atoms with Crippen LogP contribution in [0.2, 0.25) is 5.02 Å². The van der Waals surface area contributed by atoms with E-state index in [0.29, 0.717) is 23.2 Å². The Kier molecular flexibility index (Phi) is 5.39. The molecule has 10 heteroatoms. The lowest BCUT2D eigenvalue weighted by atomic mass is 10.1. The summed E-state index contributed by atoms with van der Waals surface area (Å²) in [4.78, 5) is 24.4. The molecular weight excluding hydrogens is 505 g/mol. The van der Waals surface area contributed by atoms with Crippen molar-refractivity contribution in [2.45, 2.75) is 12.8 Å². The number of imidazole rings is 1. The van der Waals surface area contributed by atoms with Crippen molar-refractivity contribution in [2.75, 3.05) is 11.9 Å². The minimum atomic E-state index is -1.23. The molecule has 2 aromatic carbocycles. The Bertz CT molecular complexity index is 1070. The Morgan fingerprint density at radius 2 is 2.14 bits per heavy atom. The second-order valence-corrected chi connectivity index (χ2v) is 8.09. The van der Waals surface area contributed by atoms with E-state index in [1.54, 1.807) is 18.2 Å². The van der Waals surface area contributed by atoms with Crippen LogP contribution in [0.25, 0.3) is 11.0 Å². The van der Waals surface area contributed by atoms with E-state index in [4.69, 9.17) is 16.4 Å². The number of amides is 1. The van der Waals surface area contributed by atoms with E-state index >= 15 is 0 Å². The number of aromatic nitrogens is 2. The number of aromatic amines is 1. The minimum absolute atomic E-state index is 0.0514. The molecule has 28 heavy (non-hydrogen) atoms. The predicted molar refractivity (Wildman–Crippen MR) is 110 cm³/mol. The summed E-state index contributed by atoms with van der Waals surface area (Å²) in [6.45, 7) is 0.368. The van der Waals surface area contributed by atoms with Crippen LogP contribution < -0.4 is 10.8 Å². The fourth-order valence-electron chi connectivity index (χ4n) is 2.73. The molecule has 0 unspecified atom stereocenters. The first-order chi connectivity index (χ1) is 13.5. The molecule has 1 fully saturated rings. The standard InChI is InChI=1S/C18H14ClF2IN4O2/c19-10-5-9(22)3-4-11(10)25-15-12(18(27)26-28-6-8-1-2-8)16-17(24-7-23-16)14(21)13(15)20/h3-5,7-8,25H,1-2,6H2,(H,23,24)(H,26,27). The maximum absolute atomic E-state index is 14.8. The second-order valence-electron chi connectivity index (χ2n) is 6.44. The number of nitrogens with one attached hydrogen (secondary N) is 3. The average Bonchev–Trinajstić information content (AvgIpc) is 3.35. The number of hydroxylamine groups is 1. The number of halogens is 4. The smallest absolute Gasteiger partial charge is 0.279 e. The molecule has 1 aromatic heterocycles. The number of hydrogen-bond acceptors (Lipinski definition) is 4. The third-order valence-electron chi connectivity index (χ3n) is 4.36. The third-order valence-corrected chi connectivity index (χ3v) is 5.34. The minimum Gasteiger partial charge on any atom is -0.351 e. The summed E-state index contributed by atoms with van der Waals surface area (Å²) in [6.07, 6.45) is 3.28. The molecule has 3 N–H and O–H groups in total. The van der Waals surface area contributed by atoms with E-state index in [1.165, 1.54) is 6.33 Å². The zero-order valence-electron chi connectivity index (χ0n) is 14.3. The average molecular weight is 519 g/mol. The van der Waals surface area contributed by atoms with Crippen molar-refractivity contribution in [3.8, 4) is 0 Å². The van der Waals surface area contributed by atoms with Gasteiger partial charge in [0.25, 0.3) is 5.91 Å². The molecule has 1 aliphatic rings. The normalized spacial score (nSPS) is 13.7. The van der Waals surface area contributed by atoms with Gasteiger partial charge in [0.05, 0.1) is 40.4 Å². The topological polar surface area (TPSA) is 79.0 Å². The molecule has 1 amide bonds. The van der Waals surface area contributed by atoms with Gasteiger partial charge >= 0.3 is 0 Å². The maximum Gasteiger partial charge on any atom is 0.279 e. The number of rotatable bonds is 6. The highest BCUT2D eigenvalue weighted by Crippen LogP contribution is 2.35. The molecule has 1 saturated carbocycles. The highest BCUT2D eigenvalue weighted by Gasteiger charge is 2.28. The largest absolute Gasteiger partial charge is 0.351 e. The molecule has 0 spiro atoms. The Balaban J connectivity index is 1.76. The maximum atomic E-state index is 14.8. The highest BCUT2D eigenvalue weighted by atomic mass is 127. The van der Waals surface area contributed by atoms with E-state index in [2.05, 4.69) is 43.4 Å². The monoisotopic (exact) mass is 518 g/mol. The lowest BCUT2D eigenvalue weighted by Crippen LogP contribution is -2.26. The van der Waals surface area contributed by atoms with E-state index < -0.39 is 17.5 Å². The van der Waals surface area contributed by atoms with E-state index in [0.717, 1.165) is 16.4 Å². The second kappa shape index (κ2) is 7.80. The van der Waals surface area contributed by atoms with Crippen LogP contribution in [-0.2, 0) is 4.84 Å². The first-order valence-corrected chi connectivity index (χ1v) is 9.89. The van der Waals surface area contributed by atoms with Crippen LogP contribution in [0.5, 0.6) is 0 Å². The summed E-state index contributed by atoms with van der Waals surface area (Å²) in [5, 5.41) is 3.04. The van der Waals surface area contributed by atoms with Crippen LogP contribution in [0.4, 0.5) is 20.2 Å². The first-order valence-electron chi connectivity index (χ1n) is 8.44. The molecule has 3 aromatic rings. The van der Waals surface area contributed by atoms with Crippen molar-refractivity contribution in [1.29, 1.82) is 0 Å². The molecule has 1 aliphatic carbocycles. The number of carbonyl (C=O) groups excluding carboxylic acids is 1. The molecule has 4 rings (SSSR count). The van der Waals surface area contributed by atoms with Crippen LogP contribution in [0, 0.1) is 21.1 Å². The number of H-pyrrole nitrogens is 1. The van der Waals surface area contributed by atoms with Gasteiger partial charge in [-0.05, 0) is 59.5 Å². The lowest BCUT2D eigenvalue weighted by Gasteiger charge is -2.16. The molecule has 0 saturated heterocycles. The Morgan fingerprint density at radius 1 is 1.36 bits per heavy atom. The van der Waals surface area contributed by atoms with Crippen molar-refractivity contribution in [1.82, 2.24) is 15.4 Å². The van der Waals surface area contributed by atoms with Gasteiger partial charge in [-0.1, -0.05) is 11.6 Å². The summed E-state index contributed by atoms with van der Waals surface area (Å²) in [7, 11) is 0. The fourth-order valence-corrected chi connectivity index (χ4v) is 3.63. The van der Waals surface area contributed by atoms with Crippen molar-refractivity contribution in [3.05, 3.63) is 50.3 Å². The van der Waals surface area contributed by atoms with Gasteiger partial charge in [-0.3, -0.25) is 9.63 Å². The predicted octanol–water partition coefficient (Wildman–Crippen LogP) is 4.91. The molecule has 146 valence electrons. The van der Waals surface area contributed by atoms with Crippen LogP contribution in [0.15, 0.2) is 24.5 Å². The molecule has 1 heterocycles. The number of hydrogen-bond donors (Lipinski definition) is 3. The quantitative estimate of drug-likeness (QED) is 0.320. The van der Waals surface area contributed by atoms with Crippen molar-refractivity contribution in [3.63, 3.8) is 0 Å². The van der Waals surface area contributed by atoms with Gasteiger partial charge in [-0.25, -0.2) is 19.2 Å². The SMILES string of the molecule is O=C(NOCC1CC1)c1c(Nc2ccc(I)cc2Cl)c(F)c(F)c2nc[nH]c12. The van der Waals surface area contributed by atoms with E-state index in [-0.39, 0.29) is 22.3 Å². The summed E-state index contributed by atoms with van der Waals surface area (Å²) < 4.78 is 30.2. The number of carbonyl (C=O) groups is 1. The van der Waals surface area contributed by atoms with Crippen molar-refractivity contribution >= 4 is 62.5 Å². The van der Waals surface area contributed by atoms with Crippen LogP contribution in [0.3, 0.4) is 0 Å². The Morgan fingerprint density at radius 3 is 2.86 bits per heavy atom.